The molecule has 0 saturated heterocycles. The van der Waals surface area contributed by atoms with Crippen LogP contribution in [0.25, 0.3) is 0 Å². The molecule has 0 aromatic heterocycles. The third-order valence-corrected chi connectivity index (χ3v) is 3.25. The zero-order valence-corrected chi connectivity index (χ0v) is 9.17. The van der Waals surface area contributed by atoms with E-state index < -0.39 is 23.4 Å². The van der Waals surface area contributed by atoms with Crippen molar-refractivity contribution in [1.82, 2.24) is 5.32 Å². The van der Waals surface area contributed by atoms with Gasteiger partial charge in [0.2, 0.25) is 0 Å². The fourth-order valence-electron chi connectivity index (χ4n) is 0.826. The van der Waals surface area contributed by atoms with Gasteiger partial charge >= 0.3 is 6.18 Å². The Morgan fingerprint density at radius 2 is 1.93 bits per heavy atom. The van der Waals surface area contributed by atoms with Crippen LogP contribution in [0.3, 0.4) is 0 Å². The van der Waals surface area contributed by atoms with Crippen LogP contribution in [0, 0.1) is 0 Å². The average molecular weight is 231 g/mol. The Labute approximate surface area is 84.7 Å². The minimum atomic E-state index is -4.09. The lowest BCUT2D eigenvalue weighted by Gasteiger charge is -2.10. The second-order valence-corrected chi connectivity index (χ2v) is 5.01. The van der Waals surface area contributed by atoms with Crippen molar-refractivity contribution in [2.24, 2.45) is 0 Å². The normalized spacial score (nSPS) is 16.6. The highest BCUT2D eigenvalue weighted by atomic mass is 32.2. The molecule has 2 unspecified atom stereocenters. The topological polar surface area (TPSA) is 29.1 Å². The van der Waals surface area contributed by atoms with Gasteiger partial charge in [-0.1, -0.05) is 6.92 Å². The molecular weight excluding hydrogens is 215 g/mol. The fraction of sp³-hybridized carbons (Fsp3) is 1.00. The highest BCUT2D eigenvalue weighted by Gasteiger charge is 2.25. The van der Waals surface area contributed by atoms with E-state index in [9.17, 15) is 17.4 Å². The first-order valence-electron chi connectivity index (χ1n) is 4.42. The van der Waals surface area contributed by atoms with E-state index in [1.807, 2.05) is 6.92 Å². The lowest BCUT2D eigenvalue weighted by molar-refractivity contribution is -0.133. The van der Waals surface area contributed by atoms with Crippen molar-refractivity contribution in [3.05, 3.63) is 0 Å². The van der Waals surface area contributed by atoms with Crippen molar-refractivity contribution < 1.29 is 17.4 Å². The summed E-state index contributed by atoms with van der Waals surface area (Å²) in [6.07, 6.45) is -2.66. The Kier molecular flexibility index (Phi) is 6.35. The first kappa shape index (κ1) is 13.9. The van der Waals surface area contributed by atoms with Crippen molar-refractivity contribution in [2.45, 2.75) is 31.2 Å². The van der Waals surface area contributed by atoms with E-state index in [-0.39, 0.29) is 11.8 Å². The van der Waals surface area contributed by atoms with E-state index in [0.29, 0.717) is 13.0 Å². The zero-order chi connectivity index (χ0) is 11.2. The number of nitrogens with one attached hydrogen (secondary N) is 1. The quantitative estimate of drug-likeness (QED) is 0.705. The summed E-state index contributed by atoms with van der Waals surface area (Å²) in [5.74, 6) is 0. The van der Waals surface area contributed by atoms with E-state index >= 15 is 0 Å². The molecular formula is C8H16F3NOS. The molecule has 0 heterocycles. The van der Waals surface area contributed by atoms with Gasteiger partial charge in [-0.15, -0.1) is 0 Å². The molecule has 0 bridgehead atoms. The summed E-state index contributed by atoms with van der Waals surface area (Å²) < 4.78 is 45.9. The summed E-state index contributed by atoms with van der Waals surface area (Å²) in [5, 5.41) is 2.71. The maximum Gasteiger partial charge on any atom is 0.390 e. The first-order valence-corrected chi connectivity index (χ1v) is 6.05. The third-order valence-electron chi connectivity index (χ3n) is 1.88. The van der Waals surface area contributed by atoms with Crippen LogP contribution in [0.1, 0.15) is 19.8 Å². The monoisotopic (exact) mass is 231 g/mol. The second-order valence-electron chi connectivity index (χ2n) is 3.21. The van der Waals surface area contributed by atoms with Crippen LogP contribution >= 0.6 is 0 Å². The molecule has 2 atom stereocenters. The van der Waals surface area contributed by atoms with E-state index in [4.69, 9.17) is 0 Å². The fourth-order valence-corrected chi connectivity index (χ4v) is 1.28. The number of rotatable bonds is 6. The molecule has 0 aliphatic rings. The van der Waals surface area contributed by atoms with Crippen LogP contribution in [0.2, 0.25) is 0 Å². The molecule has 0 aliphatic heterocycles. The molecule has 0 saturated carbocycles. The SMILES string of the molecule is CC(CCNCCC(F)(F)F)S(C)=O. The van der Waals surface area contributed by atoms with Crippen molar-refractivity contribution in [3.8, 4) is 0 Å². The number of alkyl halides is 3. The molecule has 2 nitrogen and oxygen atoms in total. The van der Waals surface area contributed by atoms with Crippen LogP contribution in [0.4, 0.5) is 13.2 Å². The van der Waals surface area contributed by atoms with E-state index in [0.717, 1.165) is 0 Å². The summed E-state index contributed by atoms with van der Waals surface area (Å²) in [6.45, 7) is 2.24. The molecule has 0 fully saturated rings. The molecule has 6 heteroatoms. The maximum absolute atomic E-state index is 11.7. The van der Waals surface area contributed by atoms with Crippen LogP contribution in [0.5, 0.6) is 0 Å². The number of hydrogen-bond donors (Lipinski definition) is 1. The predicted molar refractivity (Wildman–Crippen MR) is 51.7 cm³/mol. The second kappa shape index (κ2) is 6.40. The van der Waals surface area contributed by atoms with Crippen LogP contribution in [0.15, 0.2) is 0 Å². The summed E-state index contributed by atoms with van der Waals surface area (Å²) in [7, 11) is -0.895. The van der Waals surface area contributed by atoms with Crippen molar-refractivity contribution >= 4 is 10.8 Å². The smallest absolute Gasteiger partial charge is 0.316 e. The lowest BCUT2D eigenvalue weighted by atomic mass is 10.3. The molecule has 0 aromatic carbocycles. The van der Waals surface area contributed by atoms with Crippen molar-refractivity contribution in [2.75, 3.05) is 19.3 Å². The standard InChI is InChI=1S/C8H16F3NOS/c1-7(14(2)13)3-5-12-6-4-8(9,10)11/h7,12H,3-6H2,1-2H3. The Balaban J connectivity index is 3.35. The van der Waals surface area contributed by atoms with E-state index in [2.05, 4.69) is 5.32 Å². The van der Waals surface area contributed by atoms with Crippen LogP contribution in [-0.2, 0) is 10.8 Å². The van der Waals surface area contributed by atoms with E-state index in [1.165, 1.54) is 0 Å². The van der Waals surface area contributed by atoms with Crippen LogP contribution in [-0.4, -0.2) is 35.0 Å². The van der Waals surface area contributed by atoms with Gasteiger partial charge in [-0.2, -0.15) is 13.2 Å². The van der Waals surface area contributed by atoms with Gasteiger partial charge in [0.15, 0.2) is 0 Å². The summed E-state index contributed by atoms with van der Waals surface area (Å²) >= 11 is 0. The Hall–Kier alpha value is -0.100. The molecule has 0 spiro atoms. The molecule has 0 aliphatic carbocycles. The van der Waals surface area contributed by atoms with E-state index in [1.54, 1.807) is 6.26 Å². The Morgan fingerprint density at radius 1 is 1.36 bits per heavy atom. The maximum atomic E-state index is 11.7. The van der Waals surface area contributed by atoms with Gasteiger partial charge in [0.05, 0.1) is 6.42 Å². The molecule has 0 aromatic rings. The van der Waals surface area contributed by atoms with Crippen molar-refractivity contribution in [3.63, 3.8) is 0 Å². The molecule has 0 radical (unpaired) electrons. The largest absolute Gasteiger partial charge is 0.390 e. The minimum Gasteiger partial charge on any atom is -0.316 e. The van der Waals surface area contributed by atoms with Gasteiger partial charge in [-0.25, -0.2) is 0 Å². The zero-order valence-electron chi connectivity index (χ0n) is 8.36. The lowest BCUT2D eigenvalue weighted by Crippen LogP contribution is -2.25. The molecule has 0 amide bonds. The predicted octanol–water partition coefficient (Wildman–Crippen LogP) is 1.69. The average Bonchev–Trinajstić information content (AvgIpc) is 2.01. The molecule has 86 valence electrons. The van der Waals surface area contributed by atoms with Gasteiger partial charge in [0.25, 0.3) is 0 Å². The van der Waals surface area contributed by atoms with Gasteiger partial charge < -0.3 is 5.32 Å². The summed E-state index contributed by atoms with van der Waals surface area (Å²) in [4.78, 5) is 0. The van der Waals surface area contributed by atoms with Crippen LogP contribution < -0.4 is 5.32 Å². The van der Waals surface area contributed by atoms with Crippen molar-refractivity contribution in [1.29, 1.82) is 0 Å². The molecule has 1 N–H and O–H groups in total. The first-order chi connectivity index (χ1) is 6.33. The summed E-state index contributed by atoms with van der Waals surface area (Å²) in [5.41, 5.74) is 0. The highest BCUT2D eigenvalue weighted by molar-refractivity contribution is 7.84. The minimum absolute atomic E-state index is 0.0355. The highest BCUT2D eigenvalue weighted by Crippen LogP contribution is 2.18. The van der Waals surface area contributed by atoms with Gasteiger partial charge in [0, 0.05) is 28.9 Å². The third kappa shape index (κ3) is 8.50. The summed E-state index contributed by atoms with van der Waals surface area (Å²) in [6, 6.07) is 0. The van der Waals surface area contributed by atoms with Gasteiger partial charge in [-0.3, -0.25) is 4.21 Å². The Bertz CT molecular complexity index is 184. The Morgan fingerprint density at radius 3 is 2.36 bits per heavy atom. The number of halogens is 3. The molecule has 14 heavy (non-hydrogen) atoms. The van der Waals surface area contributed by atoms with Gasteiger partial charge in [-0.05, 0) is 13.0 Å². The number of hydrogen-bond acceptors (Lipinski definition) is 2. The van der Waals surface area contributed by atoms with Gasteiger partial charge in [0.1, 0.15) is 0 Å². The molecule has 0 rings (SSSR count).